The Labute approximate surface area is 183 Å². The molecule has 0 bridgehead atoms. The van der Waals surface area contributed by atoms with Crippen molar-refractivity contribution in [3.8, 4) is 34.9 Å². The molecule has 1 aliphatic rings. The summed E-state index contributed by atoms with van der Waals surface area (Å²) in [4.78, 5) is 0. The van der Waals surface area contributed by atoms with Crippen LogP contribution in [-0.2, 0) is 0 Å². The van der Waals surface area contributed by atoms with Gasteiger partial charge in [0.15, 0.2) is 11.5 Å². The number of hydrogen-bond donors (Lipinski definition) is 2. The number of halogens is 1. The van der Waals surface area contributed by atoms with Crippen molar-refractivity contribution in [2.24, 2.45) is 5.73 Å². The number of hydrogen-bond acceptors (Lipinski definition) is 7. The molecule has 1 aliphatic heterocycles. The molecule has 31 heavy (non-hydrogen) atoms. The van der Waals surface area contributed by atoms with E-state index in [1.54, 1.807) is 35.0 Å². The zero-order chi connectivity index (χ0) is 22.3. The molecule has 9 heteroatoms. The maximum absolute atomic E-state index is 10.3. The fourth-order valence-electron chi connectivity index (χ4n) is 3.71. The van der Waals surface area contributed by atoms with E-state index in [0.29, 0.717) is 33.4 Å². The van der Waals surface area contributed by atoms with Crippen LogP contribution in [0.5, 0.6) is 23.1 Å². The van der Waals surface area contributed by atoms with Gasteiger partial charge in [-0.1, -0.05) is 17.7 Å². The lowest BCUT2D eigenvalue weighted by atomic mass is 9.84. The van der Waals surface area contributed by atoms with E-state index in [-0.39, 0.29) is 28.7 Å². The highest BCUT2D eigenvalue weighted by Crippen LogP contribution is 2.48. The number of benzene rings is 2. The van der Waals surface area contributed by atoms with Crippen LogP contribution in [0.15, 0.2) is 47.9 Å². The summed E-state index contributed by atoms with van der Waals surface area (Å²) < 4.78 is 18.0. The van der Waals surface area contributed by atoms with Crippen LogP contribution >= 0.6 is 11.6 Å². The molecule has 0 radical (unpaired) electrons. The highest BCUT2D eigenvalue weighted by atomic mass is 35.5. The van der Waals surface area contributed by atoms with Gasteiger partial charge in [-0.05, 0) is 42.8 Å². The number of phenolic OH excluding ortho intramolecular Hbond substituents is 1. The quantitative estimate of drug-likeness (QED) is 0.636. The molecule has 0 aliphatic carbocycles. The maximum Gasteiger partial charge on any atom is 0.229 e. The van der Waals surface area contributed by atoms with Gasteiger partial charge in [-0.15, -0.1) is 0 Å². The Kier molecular flexibility index (Phi) is 5.13. The minimum Gasteiger partial charge on any atom is -0.502 e. The molecule has 1 atom stereocenters. The van der Waals surface area contributed by atoms with Gasteiger partial charge in [0.2, 0.25) is 17.5 Å². The number of aryl methyl sites for hydroxylation is 1. The Morgan fingerprint density at radius 1 is 1.23 bits per heavy atom. The summed E-state index contributed by atoms with van der Waals surface area (Å²) in [6.45, 7) is 1.82. The van der Waals surface area contributed by atoms with Gasteiger partial charge in [0.25, 0.3) is 0 Å². The van der Waals surface area contributed by atoms with Gasteiger partial charge in [-0.2, -0.15) is 10.4 Å². The second-order valence-electron chi connectivity index (χ2n) is 6.89. The fraction of sp³-hybridized carbons (Fsp3) is 0.182. The summed E-state index contributed by atoms with van der Waals surface area (Å²) in [6.07, 6.45) is 0. The average Bonchev–Trinajstić information content (AvgIpc) is 3.08. The summed E-state index contributed by atoms with van der Waals surface area (Å²) >= 11 is 6.15. The Morgan fingerprint density at radius 2 is 1.90 bits per heavy atom. The van der Waals surface area contributed by atoms with Gasteiger partial charge in [0.1, 0.15) is 11.6 Å². The van der Waals surface area contributed by atoms with Crippen molar-refractivity contribution in [3.05, 3.63) is 69.7 Å². The van der Waals surface area contributed by atoms with Gasteiger partial charge in [-0.3, -0.25) is 0 Å². The Balaban J connectivity index is 1.98. The second-order valence-corrected chi connectivity index (χ2v) is 7.33. The standard InChI is InChI=1S/C22H19ClN4O4/c1-11-18-19(12-7-16(29-2)20(28)17(8-12)30-3)15(10-24)21(25)31-22(18)27(26-11)14-6-4-5-13(23)9-14/h4-9,19,28H,25H2,1-3H3. The molecule has 1 aromatic heterocycles. The SMILES string of the molecule is COc1cc(C2C(C#N)=C(N)Oc3c2c(C)nn3-c2cccc(Cl)c2)cc(OC)c1O. The molecule has 2 aromatic carbocycles. The average molecular weight is 439 g/mol. The number of methoxy groups -OCH3 is 2. The number of nitrogens with two attached hydrogens (primary N) is 1. The number of aromatic nitrogens is 2. The molecule has 0 saturated heterocycles. The number of ether oxygens (including phenoxy) is 3. The summed E-state index contributed by atoms with van der Waals surface area (Å²) in [6, 6.07) is 12.6. The highest BCUT2D eigenvalue weighted by molar-refractivity contribution is 6.30. The number of allylic oxidation sites excluding steroid dienone is 1. The first kappa shape index (κ1) is 20.4. The molecule has 0 fully saturated rings. The van der Waals surface area contributed by atoms with Crippen LogP contribution in [0.2, 0.25) is 5.02 Å². The first-order valence-corrected chi connectivity index (χ1v) is 9.65. The summed E-state index contributed by atoms with van der Waals surface area (Å²) in [7, 11) is 2.87. The molecule has 0 spiro atoms. The third-order valence-corrected chi connectivity index (χ3v) is 5.36. The van der Waals surface area contributed by atoms with Gasteiger partial charge >= 0.3 is 0 Å². The molecular weight excluding hydrogens is 420 g/mol. The van der Waals surface area contributed by atoms with Gasteiger partial charge in [-0.25, -0.2) is 4.68 Å². The Morgan fingerprint density at radius 3 is 2.48 bits per heavy atom. The monoisotopic (exact) mass is 438 g/mol. The van der Waals surface area contributed by atoms with Crippen LogP contribution in [-0.4, -0.2) is 29.1 Å². The number of rotatable bonds is 4. The zero-order valence-electron chi connectivity index (χ0n) is 17.0. The van der Waals surface area contributed by atoms with Crippen LogP contribution in [0.1, 0.15) is 22.7 Å². The van der Waals surface area contributed by atoms with Gasteiger partial charge in [0.05, 0.1) is 37.1 Å². The molecule has 8 nitrogen and oxygen atoms in total. The predicted octanol–water partition coefficient (Wildman–Crippen LogP) is 3.78. The number of aromatic hydroxyl groups is 1. The molecule has 158 valence electrons. The first-order valence-electron chi connectivity index (χ1n) is 9.27. The van der Waals surface area contributed by atoms with E-state index in [0.717, 1.165) is 0 Å². The Hall–Kier alpha value is -3.83. The fourth-order valence-corrected chi connectivity index (χ4v) is 3.90. The zero-order valence-corrected chi connectivity index (χ0v) is 17.8. The molecule has 2 heterocycles. The molecule has 0 amide bonds. The lowest BCUT2D eigenvalue weighted by Gasteiger charge is -2.25. The molecule has 3 N–H and O–H groups in total. The van der Waals surface area contributed by atoms with Crippen LogP contribution < -0.4 is 19.9 Å². The van der Waals surface area contributed by atoms with Crippen LogP contribution in [0.3, 0.4) is 0 Å². The number of nitriles is 1. The van der Waals surface area contributed by atoms with E-state index in [4.69, 9.17) is 31.5 Å². The number of fused-ring (bicyclic) bond motifs is 1. The third-order valence-electron chi connectivity index (χ3n) is 5.12. The minimum atomic E-state index is -0.606. The highest BCUT2D eigenvalue weighted by Gasteiger charge is 2.37. The minimum absolute atomic E-state index is 0.0332. The molecule has 3 aromatic rings. The van der Waals surface area contributed by atoms with Gasteiger partial charge < -0.3 is 25.1 Å². The summed E-state index contributed by atoms with van der Waals surface area (Å²) in [5, 5.41) is 25.3. The van der Waals surface area contributed by atoms with E-state index < -0.39 is 5.92 Å². The van der Waals surface area contributed by atoms with E-state index in [2.05, 4.69) is 11.2 Å². The lowest BCUT2D eigenvalue weighted by Crippen LogP contribution is -2.22. The lowest BCUT2D eigenvalue weighted by molar-refractivity contribution is 0.338. The Bertz CT molecular complexity index is 1230. The van der Waals surface area contributed by atoms with Crippen molar-refractivity contribution in [3.63, 3.8) is 0 Å². The van der Waals surface area contributed by atoms with E-state index in [1.807, 2.05) is 13.0 Å². The number of nitrogens with zero attached hydrogens (tertiary/aromatic N) is 3. The van der Waals surface area contributed by atoms with Crippen molar-refractivity contribution in [2.75, 3.05) is 14.2 Å². The molecule has 1 unspecified atom stereocenters. The third kappa shape index (κ3) is 3.29. The summed E-state index contributed by atoms with van der Waals surface area (Å²) in [5.74, 6) is 0.0191. The van der Waals surface area contributed by atoms with Gasteiger partial charge in [0, 0.05) is 5.02 Å². The molecule has 0 saturated carbocycles. The largest absolute Gasteiger partial charge is 0.502 e. The van der Waals surface area contributed by atoms with Crippen LogP contribution in [0.25, 0.3) is 5.69 Å². The van der Waals surface area contributed by atoms with E-state index >= 15 is 0 Å². The normalized spacial score (nSPS) is 15.1. The maximum atomic E-state index is 10.3. The number of phenols is 1. The van der Waals surface area contributed by atoms with Crippen molar-refractivity contribution in [2.45, 2.75) is 12.8 Å². The molecular formula is C22H19ClN4O4. The van der Waals surface area contributed by atoms with E-state index in [1.165, 1.54) is 14.2 Å². The van der Waals surface area contributed by atoms with Crippen molar-refractivity contribution in [1.82, 2.24) is 9.78 Å². The van der Waals surface area contributed by atoms with E-state index in [9.17, 15) is 10.4 Å². The second kappa shape index (κ2) is 7.78. The van der Waals surface area contributed by atoms with Crippen molar-refractivity contribution < 1.29 is 19.3 Å². The van der Waals surface area contributed by atoms with Crippen molar-refractivity contribution in [1.29, 1.82) is 5.26 Å². The molecule has 4 rings (SSSR count). The summed E-state index contributed by atoms with van der Waals surface area (Å²) in [5.41, 5.74) is 8.99. The van der Waals surface area contributed by atoms with Crippen molar-refractivity contribution >= 4 is 11.6 Å². The smallest absolute Gasteiger partial charge is 0.229 e. The topological polar surface area (TPSA) is 116 Å². The predicted molar refractivity (Wildman–Crippen MR) is 114 cm³/mol. The van der Waals surface area contributed by atoms with Crippen LogP contribution in [0, 0.1) is 18.3 Å². The van der Waals surface area contributed by atoms with Crippen LogP contribution in [0.4, 0.5) is 0 Å². The first-order chi connectivity index (χ1) is 14.9.